The molecule has 1 aromatic rings. The summed E-state index contributed by atoms with van der Waals surface area (Å²) in [5, 5.41) is 0. The molecule has 2 rings (SSSR count). The molecule has 0 atom stereocenters. The average molecular weight is 281 g/mol. The third-order valence-corrected chi connectivity index (χ3v) is 5.55. The standard InChI is InChI=1S/C14H19NO3S/c1-11-7-9-15(10-8-11)19(17,18)14-5-3-13(4-6-14)12(2)16/h3-6,11H,7-10H2,1-2H3. The normalized spacial score (nSPS) is 18.4. The van der Waals surface area contributed by atoms with Crippen LogP contribution in [-0.2, 0) is 10.0 Å². The Labute approximate surface area is 114 Å². The molecule has 1 saturated heterocycles. The van der Waals surface area contributed by atoms with Gasteiger partial charge < -0.3 is 0 Å². The SMILES string of the molecule is CC(=O)c1ccc(S(=O)(=O)N2CCC(C)CC2)cc1. The molecule has 0 aromatic heterocycles. The first-order valence-corrected chi connectivity index (χ1v) is 7.96. The largest absolute Gasteiger partial charge is 0.295 e. The van der Waals surface area contributed by atoms with Crippen LogP contribution in [0.1, 0.15) is 37.0 Å². The highest BCUT2D eigenvalue weighted by atomic mass is 32.2. The minimum absolute atomic E-state index is 0.0595. The summed E-state index contributed by atoms with van der Waals surface area (Å²) in [6.45, 7) is 4.77. The zero-order valence-electron chi connectivity index (χ0n) is 11.3. The van der Waals surface area contributed by atoms with Crippen LogP contribution in [0.25, 0.3) is 0 Å². The molecule has 0 unspecified atom stereocenters. The van der Waals surface area contributed by atoms with Crippen molar-refractivity contribution >= 4 is 15.8 Å². The number of hydrogen-bond donors (Lipinski definition) is 0. The molecule has 104 valence electrons. The number of sulfonamides is 1. The molecule has 0 saturated carbocycles. The number of nitrogens with zero attached hydrogens (tertiary/aromatic N) is 1. The van der Waals surface area contributed by atoms with Crippen LogP contribution in [0.15, 0.2) is 29.2 Å². The highest BCUT2D eigenvalue weighted by Crippen LogP contribution is 2.23. The molecule has 0 aliphatic carbocycles. The summed E-state index contributed by atoms with van der Waals surface area (Å²) in [7, 11) is -3.41. The van der Waals surface area contributed by atoms with Crippen LogP contribution in [0.5, 0.6) is 0 Å². The van der Waals surface area contributed by atoms with Gasteiger partial charge in [0.2, 0.25) is 10.0 Å². The van der Waals surface area contributed by atoms with Gasteiger partial charge in [0, 0.05) is 18.7 Å². The van der Waals surface area contributed by atoms with Gasteiger partial charge in [0.05, 0.1) is 4.90 Å². The van der Waals surface area contributed by atoms with Crippen molar-refractivity contribution in [1.29, 1.82) is 0 Å². The lowest BCUT2D eigenvalue weighted by Crippen LogP contribution is -2.37. The summed E-state index contributed by atoms with van der Waals surface area (Å²) >= 11 is 0. The van der Waals surface area contributed by atoms with Gasteiger partial charge in [-0.25, -0.2) is 8.42 Å². The Bertz CT molecular complexity index is 555. The van der Waals surface area contributed by atoms with Crippen molar-refractivity contribution in [3.63, 3.8) is 0 Å². The Morgan fingerprint density at radius 3 is 2.16 bits per heavy atom. The van der Waals surface area contributed by atoms with E-state index in [2.05, 4.69) is 6.92 Å². The molecule has 5 heteroatoms. The smallest absolute Gasteiger partial charge is 0.243 e. The predicted octanol–water partition coefficient (Wildman–Crippen LogP) is 2.31. The van der Waals surface area contributed by atoms with Gasteiger partial charge in [-0.2, -0.15) is 4.31 Å². The second kappa shape index (κ2) is 5.43. The maximum atomic E-state index is 12.4. The Morgan fingerprint density at radius 1 is 1.16 bits per heavy atom. The van der Waals surface area contributed by atoms with Gasteiger partial charge in [-0.3, -0.25) is 4.79 Å². The monoisotopic (exact) mass is 281 g/mol. The van der Waals surface area contributed by atoms with Gasteiger partial charge in [-0.1, -0.05) is 19.1 Å². The van der Waals surface area contributed by atoms with Crippen LogP contribution in [0.3, 0.4) is 0 Å². The van der Waals surface area contributed by atoms with E-state index in [1.165, 1.54) is 23.4 Å². The van der Waals surface area contributed by atoms with Gasteiger partial charge in [0.25, 0.3) is 0 Å². The lowest BCUT2D eigenvalue weighted by atomic mass is 10.0. The summed E-state index contributed by atoms with van der Waals surface area (Å²) in [6.07, 6.45) is 1.81. The molecule has 4 nitrogen and oxygen atoms in total. The molecule has 0 N–H and O–H groups in total. The maximum absolute atomic E-state index is 12.4. The molecule has 0 radical (unpaired) electrons. The molecular weight excluding hydrogens is 262 g/mol. The topological polar surface area (TPSA) is 54.5 Å². The van der Waals surface area contributed by atoms with Crippen molar-refractivity contribution in [1.82, 2.24) is 4.31 Å². The number of hydrogen-bond acceptors (Lipinski definition) is 3. The van der Waals surface area contributed by atoms with Crippen LogP contribution < -0.4 is 0 Å². The van der Waals surface area contributed by atoms with Crippen LogP contribution >= 0.6 is 0 Å². The quantitative estimate of drug-likeness (QED) is 0.799. The second-order valence-corrected chi connectivity index (χ2v) is 7.11. The highest BCUT2D eigenvalue weighted by Gasteiger charge is 2.27. The summed E-state index contributed by atoms with van der Waals surface area (Å²) in [5.41, 5.74) is 0.534. The number of carbonyl (C=O) groups is 1. The van der Waals surface area contributed by atoms with Crippen molar-refractivity contribution in [3.05, 3.63) is 29.8 Å². The van der Waals surface area contributed by atoms with E-state index in [4.69, 9.17) is 0 Å². The van der Waals surface area contributed by atoms with Gasteiger partial charge in [-0.05, 0) is 37.8 Å². The van der Waals surface area contributed by atoms with E-state index < -0.39 is 10.0 Å². The lowest BCUT2D eigenvalue weighted by Gasteiger charge is -2.29. The van der Waals surface area contributed by atoms with E-state index >= 15 is 0 Å². The van der Waals surface area contributed by atoms with E-state index in [0.29, 0.717) is 24.6 Å². The molecule has 1 heterocycles. The van der Waals surface area contributed by atoms with E-state index in [1.807, 2.05) is 0 Å². The predicted molar refractivity (Wildman–Crippen MR) is 73.6 cm³/mol. The molecular formula is C14H19NO3S. The van der Waals surface area contributed by atoms with Crippen molar-refractivity contribution in [2.45, 2.75) is 31.6 Å². The van der Waals surface area contributed by atoms with E-state index in [-0.39, 0.29) is 10.7 Å². The van der Waals surface area contributed by atoms with Gasteiger partial charge in [-0.15, -0.1) is 0 Å². The third-order valence-electron chi connectivity index (χ3n) is 3.64. The Hall–Kier alpha value is -1.20. The first-order chi connectivity index (χ1) is 8.91. The Morgan fingerprint density at radius 2 is 1.68 bits per heavy atom. The van der Waals surface area contributed by atoms with E-state index in [9.17, 15) is 13.2 Å². The number of piperidine rings is 1. The van der Waals surface area contributed by atoms with Crippen LogP contribution in [0.2, 0.25) is 0 Å². The summed E-state index contributed by atoms with van der Waals surface area (Å²) in [5.74, 6) is 0.530. The number of rotatable bonds is 3. The molecule has 1 aromatic carbocycles. The van der Waals surface area contributed by atoms with E-state index in [1.54, 1.807) is 12.1 Å². The van der Waals surface area contributed by atoms with Crippen molar-refractivity contribution < 1.29 is 13.2 Å². The molecule has 0 bridgehead atoms. The maximum Gasteiger partial charge on any atom is 0.243 e. The van der Waals surface area contributed by atoms with Crippen LogP contribution in [-0.4, -0.2) is 31.6 Å². The first kappa shape index (κ1) is 14.2. The fourth-order valence-electron chi connectivity index (χ4n) is 2.24. The van der Waals surface area contributed by atoms with Crippen molar-refractivity contribution in [3.8, 4) is 0 Å². The molecule has 0 amide bonds. The van der Waals surface area contributed by atoms with Gasteiger partial charge in [0.1, 0.15) is 0 Å². The lowest BCUT2D eigenvalue weighted by molar-refractivity contribution is 0.101. The number of ketones is 1. The van der Waals surface area contributed by atoms with Gasteiger partial charge >= 0.3 is 0 Å². The molecule has 1 fully saturated rings. The summed E-state index contributed by atoms with van der Waals surface area (Å²) < 4.78 is 26.4. The number of Topliss-reactive ketones (excluding diaryl/α,β-unsaturated/α-hetero) is 1. The van der Waals surface area contributed by atoms with Crippen LogP contribution in [0, 0.1) is 5.92 Å². The number of carbonyl (C=O) groups excluding carboxylic acids is 1. The van der Waals surface area contributed by atoms with E-state index in [0.717, 1.165) is 12.8 Å². The minimum Gasteiger partial charge on any atom is -0.295 e. The molecule has 19 heavy (non-hydrogen) atoms. The average Bonchev–Trinajstić information content (AvgIpc) is 2.39. The number of benzene rings is 1. The second-order valence-electron chi connectivity index (χ2n) is 5.17. The minimum atomic E-state index is -3.41. The highest BCUT2D eigenvalue weighted by molar-refractivity contribution is 7.89. The molecule has 1 aliphatic rings. The zero-order chi connectivity index (χ0) is 14.0. The Balaban J connectivity index is 2.22. The summed E-state index contributed by atoms with van der Waals surface area (Å²) in [4.78, 5) is 11.5. The zero-order valence-corrected chi connectivity index (χ0v) is 12.1. The fraction of sp³-hybridized carbons (Fsp3) is 0.500. The fourth-order valence-corrected chi connectivity index (χ4v) is 3.71. The Kier molecular flexibility index (Phi) is 4.06. The van der Waals surface area contributed by atoms with Crippen molar-refractivity contribution in [2.75, 3.05) is 13.1 Å². The summed E-state index contributed by atoms with van der Waals surface area (Å²) in [6, 6.07) is 6.18. The third kappa shape index (κ3) is 3.04. The molecule has 1 aliphatic heterocycles. The molecule has 0 spiro atoms. The van der Waals surface area contributed by atoms with Gasteiger partial charge in [0.15, 0.2) is 5.78 Å². The van der Waals surface area contributed by atoms with Crippen molar-refractivity contribution in [2.24, 2.45) is 5.92 Å². The first-order valence-electron chi connectivity index (χ1n) is 6.52. The van der Waals surface area contributed by atoms with Crippen LogP contribution in [0.4, 0.5) is 0 Å².